The molecular formula is C66H76BN3O. The van der Waals surface area contributed by atoms with E-state index in [0.29, 0.717) is 0 Å². The van der Waals surface area contributed by atoms with Crippen molar-refractivity contribution in [3.05, 3.63) is 149 Å². The summed E-state index contributed by atoms with van der Waals surface area (Å²) in [5.74, 6) is 0.928. The van der Waals surface area contributed by atoms with E-state index in [1.165, 1.54) is 109 Å². The third-order valence-corrected chi connectivity index (χ3v) is 18.8. The van der Waals surface area contributed by atoms with Gasteiger partial charge in [-0.05, 0) is 165 Å². The summed E-state index contributed by atoms with van der Waals surface area (Å²) in [4.78, 5) is 7.98. The van der Waals surface area contributed by atoms with Crippen molar-refractivity contribution >= 4 is 79.8 Å². The first-order valence-electron chi connectivity index (χ1n) is 27.0. The summed E-state index contributed by atoms with van der Waals surface area (Å²) in [5.41, 5.74) is 21.9. The molecule has 5 aliphatic rings. The topological polar surface area (TPSA) is 22.9 Å². The van der Waals surface area contributed by atoms with E-state index in [2.05, 4.69) is 234 Å². The van der Waals surface area contributed by atoms with Crippen LogP contribution < -0.4 is 31.1 Å². The molecule has 364 valence electrons. The molecule has 71 heavy (non-hydrogen) atoms. The Balaban J connectivity index is 1.24. The van der Waals surface area contributed by atoms with Crippen molar-refractivity contribution in [2.75, 3.05) is 14.7 Å². The SMILES string of the molecule is CC(C)(C)c1ccc(N2c3cc4c(cc3B3c5c2cc(N2c6ccccc6C6(C)CCCCC26C)cc5N(c2ccc(C(C)(C)C)cc2)c2oc5ccc(C(C)(C)C)cc5c23)C(C)(C)CCC4(C)C)cc1. The highest BCUT2D eigenvalue weighted by molar-refractivity contribution is 7.01. The number of nitrogens with zero attached hydrogens (tertiary/aromatic N) is 3. The van der Waals surface area contributed by atoms with E-state index < -0.39 is 0 Å². The monoisotopic (exact) mass is 938 g/mol. The van der Waals surface area contributed by atoms with Crippen LogP contribution in [0.3, 0.4) is 0 Å². The zero-order valence-electron chi connectivity index (χ0n) is 45.5. The maximum atomic E-state index is 7.48. The van der Waals surface area contributed by atoms with Crippen molar-refractivity contribution in [1.82, 2.24) is 0 Å². The van der Waals surface area contributed by atoms with Crippen LogP contribution in [0.4, 0.5) is 45.7 Å². The standard InChI is InChI=1S/C66H76BN3O/c1-60(2,3)41-22-27-44(28-23-41)68-53-40-50-49(63(10,11)34-35-64(50,12)13)39-51(53)67-57-47-36-43(62(7,8)9)26-31-56(47)71-59(57)69(45-29-24-42(25-30-45)61(4,5)6)55-38-46(37-54(68)58(55)67)70-52-21-17-16-20-48(52)65(14)32-18-19-33-66(65,70)15/h16-17,20-31,36-40H,18-19,32-35H2,1-15H3. The summed E-state index contributed by atoms with van der Waals surface area (Å²) in [7, 11) is 0. The highest BCUT2D eigenvalue weighted by Crippen LogP contribution is 2.62. The molecule has 12 rings (SSSR count). The van der Waals surface area contributed by atoms with E-state index in [4.69, 9.17) is 4.42 Å². The van der Waals surface area contributed by atoms with Gasteiger partial charge in [0.15, 0.2) is 0 Å². The lowest BCUT2D eigenvalue weighted by atomic mass is 9.33. The van der Waals surface area contributed by atoms with Crippen LogP contribution in [0.5, 0.6) is 0 Å². The van der Waals surface area contributed by atoms with Crippen molar-refractivity contribution in [2.45, 2.75) is 180 Å². The molecule has 1 aromatic heterocycles. The van der Waals surface area contributed by atoms with E-state index >= 15 is 0 Å². The minimum Gasteiger partial charge on any atom is -0.440 e. The van der Waals surface area contributed by atoms with Gasteiger partial charge in [-0.3, -0.25) is 4.90 Å². The van der Waals surface area contributed by atoms with Crippen LogP contribution in [0.15, 0.2) is 120 Å². The molecule has 0 bridgehead atoms. The summed E-state index contributed by atoms with van der Waals surface area (Å²) >= 11 is 0. The predicted molar refractivity (Wildman–Crippen MR) is 304 cm³/mol. The van der Waals surface area contributed by atoms with Crippen LogP contribution in [0.25, 0.3) is 11.0 Å². The minimum absolute atomic E-state index is 0.00315. The van der Waals surface area contributed by atoms with Crippen LogP contribution in [-0.4, -0.2) is 12.3 Å². The van der Waals surface area contributed by atoms with E-state index in [1.54, 1.807) is 0 Å². The average molecular weight is 938 g/mol. The number of hydrogen-bond acceptors (Lipinski definition) is 4. The highest BCUT2D eigenvalue weighted by atomic mass is 16.4. The second-order valence-electron chi connectivity index (χ2n) is 27.3. The molecule has 2 unspecified atom stereocenters. The van der Waals surface area contributed by atoms with Crippen LogP contribution in [0, 0.1) is 0 Å². The lowest BCUT2D eigenvalue weighted by Gasteiger charge is -2.51. The molecule has 1 fully saturated rings. The van der Waals surface area contributed by atoms with Gasteiger partial charge >= 0.3 is 0 Å². The average Bonchev–Trinajstić information content (AvgIpc) is 3.79. The molecule has 4 nitrogen and oxygen atoms in total. The van der Waals surface area contributed by atoms with Crippen molar-refractivity contribution < 1.29 is 4.42 Å². The lowest BCUT2D eigenvalue weighted by molar-refractivity contribution is 0.195. The first kappa shape index (κ1) is 46.4. The summed E-state index contributed by atoms with van der Waals surface area (Å²) < 4.78 is 7.48. The minimum atomic E-state index is -0.128. The largest absolute Gasteiger partial charge is 0.440 e. The summed E-state index contributed by atoms with van der Waals surface area (Å²) in [6, 6.07) is 45.8. The van der Waals surface area contributed by atoms with Crippen LogP contribution in [-0.2, 0) is 32.5 Å². The van der Waals surface area contributed by atoms with Gasteiger partial charge in [0, 0.05) is 56.1 Å². The van der Waals surface area contributed by atoms with Gasteiger partial charge in [0.25, 0.3) is 6.71 Å². The van der Waals surface area contributed by atoms with Crippen molar-refractivity contribution in [3.8, 4) is 0 Å². The van der Waals surface area contributed by atoms with Gasteiger partial charge in [-0.15, -0.1) is 0 Å². The van der Waals surface area contributed by atoms with Gasteiger partial charge in [-0.25, -0.2) is 0 Å². The van der Waals surface area contributed by atoms with Crippen LogP contribution in [0.2, 0.25) is 0 Å². The van der Waals surface area contributed by atoms with E-state index in [-0.39, 0.29) is 44.7 Å². The van der Waals surface area contributed by atoms with Crippen LogP contribution in [0.1, 0.15) is 176 Å². The molecule has 2 atom stereocenters. The number of anilines is 8. The lowest BCUT2D eigenvalue weighted by Crippen LogP contribution is -2.61. The zero-order valence-corrected chi connectivity index (χ0v) is 45.5. The van der Waals surface area contributed by atoms with E-state index in [9.17, 15) is 0 Å². The van der Waals surface area contributed by atoms with Gasteiger partial charge < -0.3 is 14.2 Å². The molecule has 2 aliphatic carbocycles. The number of furan rings is 1. The fourth-order valence-electron chi connectivity index (χ4n) is 14.0. The Morgan fingerprint density at radius 3 is 1.61 bits per heavy atom. The smallest absolute Gasteiger partial charge is 0.257 e. The zero-order chi connectivity index (χ0) is 50.2. The third-order valence-electron chi connectivity index (χ3n) is 18.8. The Bertz CT molecular complexity index is 3310. The fourth-order valence-corrected chi connectivity index (χ4v) is 14.0. The number of benzene rings is 6. The Kier molecular flexibility index (Phi) is 9.77. The molecule has 0 radical (unpaired) electrons. The van der Waals surface area contributed by atoms with Gasteiger partial charge in [0.05, 0.1) is 5.54 Å². The fraction of sp³-hybridized carbons (Fsp3) is 0.424. The highest BCUT2D eigenvalue weighted by Gasteiger charge is 2.58. The maximum absolute atomic E-state index is 7.48. The third kappa shape index (κ3) is 6.69. The second-order valence-corrected chi connectivity index (χ2v) is 27.3. The molecule has 6 aromatic carbocycles. The molecule has 0 saturated heterocycles. The molecule has 0 N–H and O–H groups in total. The molecular weight excluding hydrogens is 862 g/mol. The number of fused-ring (bicyclic) bond motifs is 10. The van der Waals surface area contributed by atoms with Gasteiger partial charge in [-0.2, -0.15) is 0 Å². The molecule has 7 aromatic rings. The molecule has 0 amide bonds. The Labute approximate surface area is 425 Å². The molecule has 4 heterocycles. The maximum Gasteiger partial charge on any atom is 0.257 e. The molecule has 0 spiro atoms. The molecule has 1 saturated carbocycles. The first-order chi connectivity index (χ1) is 33.3. The van der Waals surface area contributed by atoms with Crippen molar-refractivity contribution in [3.63, 3.8) is 0 Å². The number of para-hydroxylation sites is 1. The summed E-state index contributed by atoms with van der Waals surface area (Å²) in [6.45, 7) is 35.9. The van der Waals surface area contributed by atoms with E-state index in [0.717, 1.165) is 36.4 Å². The first-order valence-corrected chi connectivity index (χ1v) is 27.0. The molecule has 3 aliphatic heterocycles. The molecule has 5 heteroatoms. The normalized spacial score (nSPS) is 21.9. The number of rotatable bonds is 3. The summed E-state index contributed by atoms with van der Waals surface area (Å²) in [5, 5.41) is 1.21. The van der Waals surface area contributed by atoms with Gasteiger partial charge in [-0.1, -0.05) is 164 Å². The Morgan fingerprint density at radius 2 is 1.00 bits per heavy atom. The van der Waals surface area contributed by atoms with Gasteiger partial charge in [0.2, 0.25) is 5.88 Å². The number of hydrogen-bond donors (Lipinski definition) is 0. The Morgan fingerprint density at radius 1 is 0.465 bits per heavy atom. The van der Waals surface area contributed by atoms with Gasteiger partial charge in [0.1, 0.15) is 5.58 Å². The van der Waals surface area contributed by atoms with E-state index in [1.807, 2.05) is 0 Å². The van der Waals surface area contributed by atoms with Crippen LogP contribution >= 0.6 is 0 Å². The quantitative estimate of drug-likeness (QED) is 0.165. The predicted octanol–water partition coefficient (Wildman–Crippen LogP) is 16.5. The summed E-state index contributed by atoms with van der Waals surface area (Å²) in [6.07, 6.45) is 7.09. The Hall–Kier alpha value is -5.68. The van der Waals surface area contributed by atoms with Crippen molar-refractivity contribution in [1.29, 1.82) is 0 Å². The van der Waals surface area contributed by atoms with Crippen molar-refractivity contribution in [2.24, 2.45) is 0 Å². The second kappa shape index (κ2) is 15.0.